The van der Waals surface area contributed by atoms with Gasteiger partial charge in [-0.15, -0.1) is 0 Å². The summed E-state index contributed by atoms with van der Waals surface area (Å²) in [4.78, 5) is 10.7. The number of benzene rings is 2. The molecule has 0 aliphatic heterocycles. The number of nitro groups is 1. The minimum Gasteiger partial charge on any atom is -0.504 e. The first-order valence-electron chi connectivity index (χ1n) is 6.36. The van der Waals surface area contributed by atoms with Crippen molar-refractivity contribution in [1.82, 2.24) is 0 Å². The van der Waals surface area contributed by atoms with Gasteiger partial charge in [-0.05, 0) is 42.0 Å². The van der Waals surface area contributed by atoms with Gasteiger partial charge in [0.1, 0.15) is 5.75 Å². The van der Waals surface area contributed by atoms with E-state index in [0.717, 1.165) is 12.1 Å². The second kappa shape index (κ2) is 6.93. The molecule has 120 valence electrons. The maximum Gasteiger partial charge on any atom is 0.338 e. The highest BCUT2D eigenvalue weighted by Gasteiger charge is 2.22. The lowest BCUT2D eigenvalue weighted by Crippen LogP contribution is -2.06. The summed E-state index contributed by atoms with van der Waals surface area (Å²) in [6, 6.07) is 9.75. The van der Waals surface area contributed by atoms with Crippen LogP contribution in [0.5, 0.6) is 17.2 Å². The van der Waals surface area contributed by atoms with Gasteiger partial charge in [-0.1, -0.05) is 6.07 Å². The van der Waals surface area contributed by atoms with Crippen molar-refractivity contribution in [2.24, 2.45) is 0 Å². The Balaban J connectivity index is 2.40. The standard InChI is InChI=1S/C15H13NO6S/c1-22-11-3-5-12(6-4-11)23(21)15(16(19)20)9-10-2-7-13(17)14(18)8-10/h2-9,17-18H,1H3/b15-9+. The lowest BCUT2D eigenvalue weighted by Gasteiger charge is -2.03. The van der Waals surface area contributed by atoms with Crippen molar-refractivity contribution < 1.29 is 24.1 Å². The fourth-order valence-corrected chi connectivity index (χ4v) is 2.77. The SMILES string of the molecule is COc1ccc(S(=O)/C(=C/c2ccc(O)c(O)c2)[N+](=O)[O-])cc1. The van der Waals surface area contributed by atoms with Gasteiger partial charge in [-0.25, -0.2) is 4.21 Å². The Morgan fingerprint density at radius 3 is 2.35 bits per heavy atom. The summed E-state index contributed by atoms with van der Waals surface area (Å²) in [5.74, 6) is -0.224. The number of aromatic hydroxyl groups is 2. The summed E-state index contributed by atoms with van der Waals surface area (Å²) in [5, 5.41) is 29.3. The van der Waals surface area contributed by atoms with Crippen LogP contribution in [0, 0.1) is 10.1 Å². The number of hydrogen-bond acceptors (Lipinski definition) is 6. The molecule has 23 heavy (non-hydrogen) atoms. The molecule has 8 heteroatoms. The van der Waals surface area contributed by atoms with Gasteiger partial charge in [0.15, 0.2) is 22.3 Å². The van der Waals surface area contributed by atoms with Crippen molar-refractivity contribution in [2.75, 3.05) is 7.11 Å². The zero-order chi connectivity index (χ0) is 17.0. The second-order valence-electron chi connectivity index (χ2n) is 4.43. The quantitative estimate of drug-likeness (QED) is 0.493. The van der Waals surface area contributed by atoms with Gasteiger partial charge in [0.25, 0.3) is 0 Å². The van der Waals surface area contributed by atoms with Crippen LogP contribution in [0.2, 0.25) is 0 Å². The van der Waals surface area contributed by atoms with E-state index < -0.39 is 26.5 Å². The van der Waals surface area contributed by atoms with Gasteiger partial charge in [-0.2, -0.15) is 0 Å². The second-order valence-corrected chi connectivity index (χ2v) is 5.86. The minimum absolute atomic E-state index is 0.244. The Bertz CT molecular complexity index is 785. The highest BCUT2D eigenvalue weighted by molar-refractivity contribution is 7.88. The molecular formula is C15H13NO6S. The summed E-state index contributed by atoms with van der Waals surface area (Å²) >= 11 is 0. The molecule has 0 fully saturated rings. The molecule has 7 nitrogen and oxygen atoms in total. The Morgan fingerprint density at radius 2 is 1.83 bits per heavy atom. The molecule has 2 aromatic carbocycles. The average Bonchev–Trinajstić information content (AvgIpc) is 2.55. The fourth-order valence-electron chi connectivity index (χ4n) is 1.77. The van der Waals surface area contributed by atoms with Gasteiger partial charge in [0, 0.05) is 6.08 Å². The zero-order valence-electron chi connectivity index (χ0n) is 12.0. The van der Waals surface area contributed by atoms with Crippen LogP contribution in [0.1, 0.15) is 5.56 Å². The molecule has 1 atom stereocenters. The monoisotopic (exact) mass is 335 g/mol. The lowest BCUT2D eigenvalue weighted by atomic mass is 10.2. The molecule has 0 heterocycles. The van der Waals surface area contributed by atoms with E-state index in [9.17, 15) is 24.5 Å². The normalized spacial score (nSPS) is 12.7. The van der Waals surface area contributed by atoms with Crippen LogP contribution in [-0.4, -0.2) is 26.5 Å². The van der Waals surface area contributed by atoms with Crippen LogP contribution >= 0.6 is 0 Å². The Kier molecular flexibility index (Phi) is 4.97. The van der Waals surface area contributed by atoms with Crippen LogP contribution in [0.25, 0.3) is 6.08 Å². The van der Waals surface area contributed by atoms with Gasteiger partial charge < -0.3 is 14.9 Å². The van der Waals surface area contributed by atoms with Crippen molar-refractivity contribution in [2.45, 2.75) is 4.90 Å². The molecule has 1 unspecified atom stereocenters. The molecule has 2 aromatic rings. The lowest BCUT2D eigenvalue weighted by molar-refractivity contribution is -0.409. The van der Waals surface area contributed by atoms with E-state index >= 15 is 0 Å². The van der Waals surface area contributed by atoms with E-state index in [1.807, 2.05) is 0 Å². The molecule has 0 radical (unpaired) electrons. The summed E-state index contributed by atoms with van der Waals surface area (Å²) in [6.07, 6.45) is 1.08. The van der Waals surface area contributed by atoms with Crippen LogP contribution in [0.15, 0.2) is 52.4 Å². The van der Waals surface area contributed by atoms with Crippen LogP contribution in [0.4, 0.5) is 0 Å². The van der Waals surface area contributed by atoms with Gasteiger partial charge in [-0.3, -0.25) is 10.1 Å². The number of ether oxygens (including phenoxy) is 1. The molecule has 2 N–H and O–H groups in total. The number of rotatable bonds is 5. The Hall–Kier alpha value is -2.87. The maximum atomic E-state index is 12.4. The summed E-state index contributed by atoms with van der Waals surface area (Å²) in [6.45, 7) is 0. The maximum absolute atomic E-state index is 12.4. The molecule has 0 bridgehead atoms. The summed E-state index contributed by atoms with van der Waals surface area (Å²) < 4.78 is 17.4. The van der Waals surface area contributed by atoms with E-state index in [-0.39, 0.29) is 16.2 Å². The van der Waals surface area contributed by atoms with Crippen LogP contribution in [0.3, 0.4) is 0 Å². The first-order valence-corrected chi connectivity index (χ1v) is 7.51. The number of phenols is 2. The van der Waals surface area contributed by atoms with Crippen molar-refractivity contribution in [3.63, 3.8) is 0 Å². The minimum atomic E-state index is -2.01. The largest absolute Gasteiger partial charge is 0.504 e. The molecule has 0 saturated heterocycles. The molecule has 0 spiro atoms. The topological polar surface area (TPSA) is 110 Å². The summed E-state index contributed by atoms with van der Waals surface area (Å²) in [7, 11) is -0.534. The molecule has 2 rings (SSSR count). The molecule has 0 amide bonds. The van der Waals surface area contributed by atoms with Gasteiger partial charge in [0.2, 0.25) is 0 Å². The first-order chi connectivity index (χ1) is 10.9. The van der Waals surface area contributed by atoms with E-state index in [1.54, 1.807) is 12.1 Å². The summed E-state index contributed by atoms with van der Waals surface area (Å²) in [5.41, 5.74) is 0.244. The predicted molar refractivity (Wildman–Crippen MR) is 84.1 cm³/mol. The molecule has 0 aliphatic rings. The van der Waals surface area contributed by atoms with E-state index in [1.165, 1.54) is 31.4 Å². The van der Waals surface area contributed by atoms with E-state index in [0.29, 0.717) is 5.75 Å². The van der Waals surface area contributed by atoms with Gasteiger partial charge >= 0.3 is 5.03 Å². The molecule has 0 aliphatic carbocycles. The molecule has 0 aromatic heterocycles. The third kappa shape index (κ3) is 3.86. The number of methoxy groups -OCH3 is 1. The van der Waals surface area contributed by atoms with E-state index in [2.05, 4.69) is 0 Å². The third-order valence-electron chi connectivity index (χ3n) is 2.93. The Labute approximate surface area is 134 Å². The first kappa shape index (κ1) is 16.5. The van der Waals surface area contributed by atoms with Crippen molar-refractivity contribution in [3.05, 3.63) is 63.2 Å². The Morgan fingerprint density at radius 1 is 1.17 bits per heavy atom. The zero-order valence-corrected chi connectivity index (χ0v) is 12.8. The fraction of sp³-hybridized carbons (Fsp3) is 0.0667. The smallest absolute Gasteiger partial charge is 0.338 e. The van der Waals surface area contributed by atoms with Crippen molar-refractivity contribution in [3.8, 4) is 17.2 Å². The number of phenolic OH excluding ortho intramolecular Hbond substituents is 2. The highest BCUT2D eigenvalue weighted by Crippen LogP contribution is 2.27. The average molecular weight is 335 g/mol. The molecule has 0 saturated carbocycles. The van der Waals surface area contributed by atoms with Gasteiger partial charge in [0.05, 0.1) is 16.9 Å². The predicted octanol–water partition coefficient (Wildman–Crippen LogP) is 2.49. The van der Waals surface area contributed by atoms with Crippen LogP contribution < -0.4 is 4.74 Å². The number of hydrogen-bond donors (Lipinski definition) is 2. The highest BCUT2D eigenvalue weighted by atomic mass is 32.2. The third-order valence-corrected chi connectivity index (χ3v) is 4.28. The van der Waals surface area contributed by atoms with Crippen molar-refractivity contribution in [1.29, 1.82) is 0 Å². The number of nitrogens with zero attached hydrogens (tertiary/aromatic N) is 1. The van der Waals surface area contributed by atoms with E-state index in [4.69, 9.17) is 4.74 Å². The van der Waals surface area contributed by atoms with Crippen molar-refractivity contribution >= 4 is 16.9 Å². The van der Waals surface area contributed by atoms with Crippen LogP contribution in [-0.2, 0) is 10.8 Å². The molecular weight excluding hydrogens is 322 g/mol.